The van der Waals surface area contributed by atoms with Gasteiger partial charge < -0.3 is 23.7 Å². The third-order valence-corrected chi connectivity index (χ3v) is 5.91. The van der Waals surface area contributed by atoms with Crippen molar-refractivity contribution in [3.8, 4) is 5.75 Å². The molecule has 1 fully saturated rings. The van der Waals surface area contributed by atoms with Crippen LogP contribution in [0.4, 0.5) is 0 Å². The van der Waals surface area contributed by atoms with Gasteiger partial charge in [0, 0.05) is 26.1 Å². The fraction of sp³-hybridized carbons (Fsp3) is 0.704. The van der Waals surface area contributed by atoms with E-state index in [1.807, 2.05) is 12.1 Å². The largest absolute Gasteiger partial charge is 0.493 e. The van der Waals surface area contributed by atoms with Crippen LogP contribution < -0.4 is 4.74 Å². The maximum Gasteiger partial charge on any atom is 0.305 e. The van der Waals surface area contributed by atoms with Gasteiger partial charge in [0.1, 0.15) is 5.75 Å². The number of rotatable bonds is 17. The third-order valence-electron chi connectivity index (χ3n) is 5.91. The van der Waals surface area contributed by atoms with Crippen molar-refractivity contribution in [2.45, 2.75) is 90.3 Å². The summed E-state index contributed by atoms with van der Waals surface area (Å²) in [6.45, 7) is 4.19. The van der Waals surface area contributed by atoms with Gasteiger partial charge in [-0.25, -0.2) is 0 Å². The number of hydrogen-bond donors (Lipinski definition) is 0. The van der Waals surface area contributed by atoms with Crippen molar-refractivity contribution in [3.05, 3.63) is 29.3 Å². The summed E-state index contributed by atoms with van der Waals surface area (Å²) >= 11 is 0. The fourth-order valence-corrected chi connectivity index (χ4v) is 4.05. The second kappa shape index (κ2) is 17.3. The monoisotopic (exact) mass is 478 g/mol. The van der Waals surface area contributed by atoms with E-state index in [4.69, 9.17) is 23.7 Å². The van der Waals surface area contributed by atoms with Crippen molar-refractivity contribution in [3.63, 3.8) is 0 Å². The number of ether oxygens (including phenoxy) is 5. The van der Waals surface area contributed by atoms with Gasteiger partial charge in [-0.1, -0.05) is 25.0 Å². The summed E-state index contributed by atoms with van der Waals surface area (Å²) in [6, 6.07) is 6.04. The molecular formula is C27H42O7. The van der Waals surface area contributed by atoms with Crippen LogP contribution in [0.15, 0.2) is 18.2 Å². The van der Waals surface area contributed by atoms with Crippen molar-refractivity contribution < 1.29 is 33.3 Å². The molecule has 1 unspecified atom stereocenters. The summed E-state index contributed by atoms with van der Waals surface area (Å²) in [6.07, 6.45) is 10.4. The number of unbranched alkanes of at least 4 members (excludes halogenated alkanes) is 3. The first-order valence-corrected chi connectivity index (χ1v) is 12.8. The van der Waals surface area contributed by atoms with E-state index in [0.717, 1.165) is 69.5 Å². The van der Waals surface area contributed by atoms with Crippen LogP contribution in [0, 0.1) is 0 Å². The normalized spacial score (nSPS) is 15.6. The van der Waals surface area contributed by atoms with E-state index in [9.17, 15) is 9.59 Å². The van der Waals surface area contributed by atoms with E-state index in [0.29, 0.717) is 38.9 Å². The topological polar surface area (TPSA) is 80.3 Å². The van der Waals surface area contributed by atoms with Crippen LogP contribution in [0.1, 0.15) is 82.3 Å². The Hall–Kier alpha value is -2.12. The minimum atomic E-state index is -0.231. The Bertz CT molecular complexity index is 713. The molecular weight excluding hydrogens is 436 g/mol. The molecule has 7 nitrogen and oxygen atoms in total. The SMILES string of the molecule is CCOC(=O)CCCOc1cccc(CCCCCCOC2CCCCO2)c1CCC(=O)OC. The molecule has 0 saturated carbocycles. The Morgan fingerprint density at radius 2 is 1.82 bits per heavy atom. The molecule has 7 heteroatoms. The first-order valence-electron chi connectivity index (χ1n) is 12.8. The van der Waals surface area contributed by atoms with Gasteiger partial charge >= 0.3 is 11.9 Å². The molecule has 0 spiro atoms. The smallest absolute Gasteiger partial charge is 0.305 e. The molecule has 1 atom stereocenters. The van der Waals surface area contributed by atoms with Crippen molar-refractivity contribution in [2.75, 3.05) is 33.5 Å². The number of esters is 2. The summed E-state index contributed by atoms with van der Waals surface area (Å²) < 4.78 is 27.2. The summed E-state index contributed by atoms with van der Waals surface area (Å²) in [5.74, 6) is 0.346. The average Bonchev–Trinajstić information content (AvgIpc) is 2.86. The van der Waals surface area contributed by atoms with Gasteiger partial charge in [-0.15, -0.1) is 0 Å². The predicted molar refractivity (Wildman–Crippen MR) is 130 cm³/mol. The quantitative estimate of drug-likeness (QED) is 0.226. The number of aryl methyl sites for hydroxylation is 1. The van der Waals surface area contributed by atoms with Crippen LogP contribution in [-0.2, 0) is 41.4 Å². The first kappa shape index (κ1) is 28.1. The van der Waals surface area contributed by atoms with Crippen molar-refractivity contribution in [1.29, 1.82) is 0 Å². The minimum Gasteiger partial charge on any atom is -0.493 e. The first-order chi connectivity index (χ1) is 16.6. The Labute approximate surface area is 204 Å². The molecule has 0 aliphatic carbocycles. The summed E-state index contributed by atoms with van der Waals surface area (Å²) in [7, 11) is 1.41. The number of hydrogen-bond acceptors (Lipinski definition) is 7. The molecule has 0 bridgehead atoms. The van der Waals surface area contributed by atoms with Crippen LogP contribution in [0.25, 0.3) is 0 Å². The summed E-state index contributed by atoms with van der Waals surface area (Å²) in [5.41, 5.74) is 2.26. The van der Waals surface area contributed by atoms with E-state index in [2.05, 4.69) is 6.07 Å². The zero-order valence-electron chi connectivity index (χ0n) is 21.0. The highest BCUT2D eigenvalue weighted by molar-refractivity contribution is 5.70. The Morgan fingerprint density at radius 3 is 2.59 bits per heavy atom. The summed E-state index contributed by atoms with van der Waals surface area (Å²) in [5, 5.41) is 0. The lowest BCUT2D eigenvalue weighted by Crippen LogP contribution is -2.22. The van der Waals surface area contributed by atoms with E-state index in [1.54, 1.807) is 6.92 Å². The maximum absolute atomic E-state index is 11.7. The van der Waals surface area contributed by atoms with E-state index < -0.39 is 0 Å². The number of methoxy groups -OCH3 is 1. The molecule has 0 amide bonds. The molecule has 1 aromatic carbocycles. The van der Waals surface area contributed by atoms with Crippen LogP contribution in [-0.4, -0.2) is 51.8 Å². The van der Waals surface area contributed by atoms with Crippen LogP contribution in [0.5, 0.6) is 5.75 Å². The molecule has 1 aliphatic rings. The molecule has 1 saturated heterocycles. The Balaban J connectivity index is 1.79. The lowest BCUT2D eigenvalue weighted by Gasteiger charge is -2.22. The summed E-state index contributed by atoms with van der Waals surface area (Å²) in [4.78, 5) is 23.3. The Kier molecular flexibility index (Phi) is 14.3. The lowest BCUT2D eigenvalue weighted by atomic mass is 9.97. The average molecular weight is 479 g/mol. The lowest BCUT2D eigenvalue weighted by molar-refractivity contribution is -0.162. The highest BCUT2D eigenvalue weighted by atomic mass is 16.7. The number of carbonyl (C=O) groups excluding carboxylic acids is 2. The minimum absolute atomic E-state index is 0.00819. The van der Waals surface area contributed by atoms with E-state index >= 15 is 0 Å². The maximum atomic E-state index is 11.7. The molecule has 2 rings (SSSR count). The fourth-order valence-electron chi connectivity index (χ4n) is 4.05. The molecule has 0 aromatic heterocycles. The van der Waals surface area contributed by atoms with Gasteiger partial charge in [0.2, 0.25) is 0 Å². The molecule has 1 aliphatic heterocycles. The highest BCUT2D eigenvalue weighted by Gasteiger charge is 2.14. The molecule has 34 heavy (non-hydrogen) atoms. The van der Waals surface area contributed by atoms with Gasteiger partial charge in [0.15, 0.2) is 6.29 Å². The van der Waals surface area contributed by atoms with Crippen LogP contribution >= 0.6 is 0 Å². The second-order valence-corrected chi connectivity index (χ2v) is 8.56. The van der Waals surface area contributed by atoms with Gasteiger partial charge in [-0.2, -0.15) is 0 Å². The second-order valence-electron chi connectivity index (χ2n) is 8.56. The third kappa shape index (κ3) is 11.3. The van der Waals surface area contributed by atoms with Crippen molar-refractivity contribution >= 4 is 11.9 Å². The molecule has 0 radical (unpaired) electrons. The number of benzene rings is 1. The van der Waals surface area contributed by atoms with Crippen LogP contribution in [0.3, 0.4) is 0 Å². The predicted octanol–water partition coefficient (Wildman–Crippen LogP) is 5.16. The molecule has 1 aromatic rings. The zero-order valence-corrected chi connectivity index (χ0v) is 21.0. The van der Waals surface area contributed by atoms with Crippen molar-refractivity contribution in [1.82, 2.24) is 0 Å². The molecule has 192 valence electrons. The van der Waals surface area contributed by atoms with Gasteiger partial charge in [0.05, 0.1) is 20.3 Å². The van der Waals surface area contributed by atoms with Gasteiger partial charge in [-0.3, -0.25) is 9.59 Å². The van der Waals surface area contributed by atoms with Crippen LogP contribution in [0.2, 0.25) is 0 Å². The molecule has 0 N–H and O–H groups in total. The van der Waals surface area contributed by atoms with Gasteiger partial charge in [0.25, 0.3) is 0 Å². The Morgan fingerprint density at radius 1 is 0.971 bits per heavy atom. The zero-order chi connectivity index (χ0) is 24.4. The standard InChI is InChI=1S/C27H42O7/c1-3-31-26(29)15-11-21-32-24-14-10-13-22(23(24)17-18-25(28)30-2)12-6-4-5-8-19-33-27-16-7-9-20-34-27/h10,13-14,27H,3-9,11-12,15-21H2,1-2H3. The van der Waals surface area contributed by atoms with E-state index in [1.165, 1.54) is 19.1 Å². The van der Waals surface area contributed by atoms with E-state index in [-0.39, 0.29) is 18.2 Å². The molecule has 1 heterocycles. The number of carbonyl (C=O) groups is 2. The highest BCUT2D eigenvalue weighted by Crippen LogP contribution is 2.26. The van der Waals surface area contributed by atoms with Gasteiger partial charge in [-0.05, 0) is 75.5 Å². The van der Waals surface area contributed by atoms with Crippen molar-refractivity contribution in [2.24, 2.45) is 0 Å².